The Hall–Kier alpha value is -0.390. The van der Waals surface area contributed by atoms with E-state index in [2.05, 4.69) is 0 Å². The molecule has 4 amide bonds. The molecule has 6 heteroatoms. The molecule has 0 bridgehead atoms. The molecule has 0 atom stereocenters. The van der Waals surface area contributed by atoms with Gasteiger partial charge in [-0.3, -0.25) is 20.2 Å². The van der Waals surface area contributed by atoms with E-state index in [9.17, 15) is 14.4 Å². The number of urea groups is 1. The smallest absolute Gasteiger partial charge is 0.277 e. The van der Waals surface area contributed by atoms with E-state index in [1.807, 2.05) is 10.6 Å². The van der Waals surface area contributed by atoms with Crippen molar-refractivity contribution in [1.82, 2.24) is 10.6 Å². The van der Waals surface area contributed by atoms with Crippen molar-refractivity contribution in [2.75, 3.05) is 0 Å². The minimum Gasteiger partial charge on any atom is -0.277 e. The summed E-state index contributed by atoms with van der Waals surface area (Å²) < 4.78 is 0. The minimum atomic E-state index is -1.14. The van der Waals surface area contributed by atoms with Crippen LogP contribution in [0.5, 0.6) is 0 Å². The van der Waals surface area contributed by atoms with Crippen LogP contribution in [0, 0.1) is 5.41 Å². The van der Waals surface area contributed by atoms with Gasteiger partial charge in [0, 0.05) is 0 Å². The molecule has 1 fully saturated rings. The van der Waals surface area contributed by atoms with Crippen molar-refractivity contribution in [3.05, 3.63) is 0 Å². The summed E-state index contributed by atoms with van der Waals surface area (Å²) in [5.41, 5.74) is -1.14. The number of amides is 4. The number of carbonyl (C=O) groups excluding carboxylic acids is 3. The summed E-state index contributed by atoms with van der Waals surface area (Å²) in [6.07, 6.45) is 0. The molecule has 0 aromatic rings. The zero-order valence-electron chi connectivity index (χ0n) is 7.22. The van der Waals surface area contributed by atoms with Gasteiger partial charge in [-0.2, -0.15) is 0 Å². The van der Waals surface area contributed by atoms with Crippen LogP contribution in [0.15, 0.2) is 0 Å². The predicted molar refractivity (Wildman–Crippen MR) is 35.5 cm³/mol. The molecule has 12 heavy (non-hydrogen) atoms. The van der Waals surface area contributed by atoms with Crippen molar-refractivity contribution >= 4 is 17.8 Å². The van der Waals surface area contributed by atoms with E-state index in [1.165, 1.54) is 13.8 Å². The molecular formula is C6H8N2NaO3+. The van der Waals surface area contributed by atoms with Crippen LogP contribution >= 0.6 is 0 Å². The second-order valence-electron chi connectivity index (χ2n) is 2.86. The van der Waals surface area contributed by atoms with E-state index in [4.69, 9.17) is 0 Å². The molecule has 5 nitrogen and oxygen atoms in total. The summed E-state index contributed by atoms with van der Waals surface area (Å²) in [4.78, 5) is 32.4. The molecule has 1 heterocycles. The van der Waals surface area contributed by atoms with Gasteiger partial charge in [0.05, 0.1) is 0 Å². The van der Waals surface area contributed by atoms with Crippen LogP contribution in [0.4, 0.5) is 4.79 Å². The maximum Gasteiger partial charge on any atom is 1.00 e. The Morgan fingerprint density at radius 1 is 1.00 bits per heavy atom. The van der Waals surface area contributed by atoms with Gasteiger partial charge in [0.25, 0.3) is 0 Å². The SMILES string of the molecule is CC1(C)C(=O)NC(=O)NC1=O.[Na+]. The van der Waals surface area contributed by atoms with Crippen LogP contribution < -0.4 is 40.2 Å². The molecule has 2 N–H and O–H groups in total. The van der Waals surface area contributed by atoms with Gasteiger partial charge < -0.3 is 0 Å². The number of nitrogens with one attached hydrogen (secondary N) is 2. The van der Waals surface area contributed by atoms with Gasteiger partial charge in [0.1, 0.15) is 5.41 Å². The number of imide groups is 2. The van der Waals surface area contributed by atoms with Gasteiger partial charge in [0.15, 0.2) is 0 Å². The zero-order chi connectivity index (χ0) is 8.65. The first-order valence-electron chi connectivity index (χ1n) is 3.11. The normalized spacial score (nSPS) is 20.7. The van der Waals surface area contributed by atoms with Gasteiger partial charge >= 0.3 is 35.6 Å². The predicted octanol–water partition coefficient (Wildman–Crippen LogP) is -3.62. The molecule has 0 saturated carbocycles. The van der Waals surface area contributed by atoms with Crippen LogP contribution in [0.1, 0.15) is 13.8 Å². The molecule has 0 aliphatic carbocycles. The molecule has 1 aliphatic heterocycles. The van der Waals surface area contributed by atoms with Gasteiger partial charge in [-0.15, -0.1) is 0 Å². The zero-order valence-corrected chi connectivity index (χ0v) is 9.22. The Bertz CT molecular complexity index is 227. The molecule has 0 spiro atoms. The van der Waals surface area contributed by atoms with Crippen molar-refractivity contribution in [2.24, 2.45) is 5.41 Å². The molecule has 1 saturated heterocycles. The third-order valence-electron chi connectivity index (χ3n) is 1.59. The van der Waals surface area contributed by atoms with E-state index in [0.717, 1.165) is 0 Å². The van der Waals surface area contributed by atoms with Crippen LogP contribution in [0.2, 0.25) is 0 Å². The Balaban J connectivity index is 0.00000121. The van der Waals surface area contributed by atoms with E-state index in [-0.39, 0.29) is 29.6 Å². The van der Waals surface area contributed by atoms with E-state index >= 15 is 0 Å². The molecule has 60 valence electrons. The molecule has 0 aromatic heterocycles. The van der Waals surface area contributed by atoms with Crippen molar-refractivity contribution in [1.29, 1.82) is 0 Å². The van der Waals surface area contributed by atoms with Crippen LogP contribution in [-0.4, -0.2) is 17.8 Å². The van der Waals surface area contributed by atoms with Crippen molar-refractivity contribution in [3.8, 4) is 0 Å². The summed E-state index contributed by atoms with van der Waals surface area (Å²) >= 11 is 0. The van der Waals surface area contributed by atoms with E-state index < -0.39 is 23.3 Å². The first kappa shape index (κ1) is 11.6. The van der Waals surface area contributed by atoms with Crippen LogP contribution in [0.3, 0.4) is 0 Å². The van der Waals surface area contributed by atoms with Gasteiger partial charge in [-0.25, -0.2) is 4.79 Å². The maximum atomic E-state index is 10.9. The molecule has 1 rings (SSSR count). The van der Waals surface area contributed by atoms with Crippen LogP contribution in [0.25, 0.3) is 0 Å². The van der Waals surface area contributed by atoms with Gasteiger partial charge in [0.2, 0.25) is 11.8 Å². The van der Waals surface area contributed by atoms with Crippen molar-refractivity contribution in [2.45, 2.75) is 13.8 Å². The fraction of sp³-hybridized carbons (Fsp3) is 0.500. The summed E-state index contributed by atoms with van der Waals surface area (Å²) in [6, 6.07) is -0.751. The molecule has 0 radical (unpaired) electrons. The summed E-state index contributed by atoms with van der Waals surface area (Å²) in [6.45, 7) is 2.90. The second-order valence-corrected chi connectivity index (χ2v) is 2.86. The number of rotatable bonds is 0. The second kappa shape index (κ2) is 3.55. The Labute approximate surface area is 91.6 Å². The quantitative estimate of drug-likeness (QED) is 0.298. The fourth-order valence-electron chi connectivity index (χ4n) is 0.653. The van der Waals surface area contributed by atoms with Crippen molar-refractivity contribution in [3.63, 3.8) is 0 Å². The third kappa shape index (κ3) is 1.85. The Kier molecular flexibility index (Phi) is 3.44. The monoisotopic (exact) mass is 179 g/mol. The molecule has 1 aliphatic rings. The number of hydrogen-bond donors (Lipinski definition) is 2. The largest absolute Gasteiger partial charge is 1.00 e. The van der Waals surface area contributed by atoms with E-state index in [0.29, 0.717) is 0 Å². The fourth-order valence-corrected chi connectivity index (χ4v) is 0.653. The number of hydrogen-bond acceptors (Lipinski definition) is 3. The van der Waals surface area contributed by atoms with Crippen molar-refractivity contribution < 1.29 is 43.9 Å². The molecule has 0 unspecified atom stereocenters. The first-order valence-corrected chi connectivity index (χ1v) is 3.11. The average molecular weight is 179 g/mol. The number of carbonyl (C=O) groups is 3. The topological polar surface area (TPSA) is 75.3 Å². The summed E-state index contributed by atoms with van der Waals surface area (Å²) in [5, 5.41) is 3.98. The Morgan fingerprint density at radius 3 is 1.67 bits per heavy atom. The summed E-state index contributed by atoms with van der Waals surface area (Å²) in [7, 11) is 0. The van der Waals surface area contributed by atoms with Crippen LogP contribution in [-0.2, 0) is 9.59 Å². The molecular weight excluding hydrogens is 171 g/mol. The average Bonchev–Trinajstić information content (AvgIpc) is 1.84. The molecule has 0 aromatic carbocycles. The van der Waals surface area contributed by atoms with E-state index in [1.54, 1.807) is 0 Å². The Morgan fingerprint density at radius 2 is 1.33 bits per heavy atom. The number of barbiturate groups is 1. The van der Waals surface area contributed by atoms with Gasteiger partial charge in [-0.05, 0) is 13.8 Å². The standard InChI is InChI=1S/C6H8N2O3.Na/c1-6(2)3(9)7-5(11)8-4(6)10;/h1-2H3,(H2,7,8,9,10,11);/q;+1. The third-order valence-corrected chi connectivity index (χ3v) is 1.59. The summed E-state index contributed by atoms with van der Waals surface area (Å²) in [5.74, 6) is -1.13. The minimum absolute atomic E-state index is 0. The first-order chi connectivity index (χ1) is 4.94. The van der Waals surface area contributed by atoms with Gasteiger partial charge in [-0.1, -0.05) is 0 Å². The maximum absolute atomic E-state index is 10.9.